The van der Waals surface area contributed by atoms with Gasteiger partial charge in [0.25, 0.3) is 0 Å². The van der Waals surface area contributed by atoms with Crippen LogP contribution in [0.3, 0.4) is 0 Å². The first-order valence-electron chi connectivity index (χ1n) is 7.74. The van der Waals surface area contributed by atoms with E-state index in [1.54, 1.807) is 0 Å². The van der Waals surface area contributed by atoms with Gasteiger partial charge in [-0.15, -0.1) is 0 Å². The van der Waals surface area contributed by atoms with Crippen molar-refractivity contribution >= 4 is 5.91 Å². The van der Waals surface area contributed by atoms with Crippen LogP contribution in [0, 0.1) is 11.8 Å². The van der Waals surface area contributed by atoms with Gasteiger partial charge in [-0.05, 0) is 25.7 Å². The molecular weight excluding hydrogens is 283 g/mol. The summed E-state index contributed by atoms with van der Waals surface area (Å²) in [5.41, 5.74) is 0. The summed E-state index contributed by atoms with van der Waals surface area (Å²) in [6, 6.07) is 0. The second kappa shape index (κ2) is 7.45. The van der Waals surface area contributed by atoms with Crippen LogP contribution in [-0.2, 0) is 4.79 Å². The van der Waals surface area contributed by atoms with Crippen molar-refractivity contribution in [2.24, 2.45) is 11.8 Å². The number of carbonyl (C=O) groups is 1. The minimum Gasteiger partial charge on any atom is -0.355 e. The Balaban J connectivity index is 1.63. The molecule has 1 heterocycles. The molecule has 1 aliphatic heterocycles. The van der Waals surface area contributed by atoms with Crippen molar-refractivity contribution in [3.05, 3.63) is 0 Å². The Bertz CT molecular complexity index is 335. The molecule has 0 atom stereocenters. The average molecular weight is 307 g/mol. The van der Waals surface area contributed by atoms with Crippen molar-refractivity contribution in [2.75, 3.05) is 39.3 Å². The molecule has 1 aliphatic carbocycles. The molecule has 0 spiro atoms. The number of piperazine rings is 1. The number of rotatable bonds is 4. The van der Waals surface area contributed by atoms with Crippen molar-refractivity contribution in [2.45, 2.75) is 31.9 Å². The Hall–Kier alpha value is -0.820. The first-order chi connectivity index (χ1) is 9.97. The lowest BCUT2D eigenvalue weighted by atomic mass is 9.81. The first kappa shape index (κ1) is 16.5. The molecule has 4 nitrogen and oxygen atoms in total. The zero-order valence-electron chi connectivity index (χ0n) is 12.2. The van der Waals surface area contributed by atoms with E-state index in [1.165, 1.54) is 0 Å². The van der Waals surface area contributed by atoms with Gasteiger partial charge in [0.2, 0.25) is 5.91 Å². The minimum atomic E-state index is -4.11. The molecule has 0 radical (unpaired) electrons. The SMILES string of the molecule is O=C(NCCN1CCNCC1)C1CCC(C(F)(F)F)CC1. The summed E-state index contributed by atoms with van der Waals surface area (Å²) in [7, 11) is 0. The van der Waals surface area contributed by atoms with E-state index >= 15 is 0 Å². The molecule has 0 aromatic rings. The van der Waals surface area contributed by atoms with Gasteiger partial charge in [0.15, 0.2) is 0 Å². The number of amides is 1. The molecule has 0 unspecified atom stereocenters. The van der Waals surface area contributed by atoms with Crippen LogP contribution < -0.4 is 10.6 Å². The van der Waals surface area contributed by atoms with Crippen LogP contribution >= 0.6 is 0 Å². The van der Waals surface area contributed by atoms with Gasteiger partial charge >= 0.3 is 6.18 Å². The van der Waals surface area contributed by atoms with Crippen molar-refractivity contribution in [3.63, 3.8) is 0 Å². The third-order valence-electron chi connectivity index (χ3n) is 4.50. The van der Waals surface area contributed by atoms with Gasteiger partial charge in [-0.1, -0.05) is 0 Å². The smallest absolute Gasteiger partial charge is 0.355 e. The molecule has 0 aromatic heterocycles. The van der Waals surface area contributed by atoms with Crippen LogP contribution in [0.2, 0.25) is 0 Å². The van der Waals surface area contributed by atoms with E-state index < -0.39 is 12.1 Å². The first-order valence-corrected chi connectivity index (χ1v) is 7.74. The molecule has 1 saturated carbocycles. The van der Waals surface area contributed by atoms with Crippen molar-refractivity contribution in [1.29, 1.82) is 0 Å². The predicted octanol–water partition coefficient (Wildman–Crippen LogP) is 1.38. The topological polar surface area (TPSA) is 44.4 Å². The second-order valence-corrected chi connectivity index (χ2v) is 5.97. The number of hydrogen-bond donors (Lipinski definition) is 2. The molecule has 7 heteroatoms. The van der Waals surface area contributed by atoms with Gasteiger partial charge in [0, 0.05) is 45.2 Å². The summed E-state index contributed by atoms with van der Waals surface area (Å²) in [5.74, 6) is -1.54. The Morgan fingerprint density at radius 1 is 1.14 bits per heavy atom. The number of nitrogens with zero attached hydrogens (tertiary/aromatic N) is 1. The standard InChI is InChI=1S/C14H24F3N3O/c15-14(16,17)12-3-1-11(2-4-12)13(21)19-7-10-20-8-5-18-6-9-20/h11-12,18H,1-10H2,(H,19,21). The van der Waals surface area contributed by atoms with Gasteiger partial charge in [-0.2, -0.15) is 13.2 Å². The van der Waals surface area contributed by atoms with Crippen LogP contribution in [0.5, 0.6) is 0 Å². The molecule has 1 saturated heterocycles. The van der Waals surface area contributed by atoms with E-state index in [0.717, 1.165) is 32.7 Å². The van der Waals surface area contributed by atoms with Gasteiger partial charge < -0.3 is 10.6 Å². The third kappa shape index (κ3) is 5.14. The van der Waals surface area contributed by atoms with Gasteiger partial charge in [0.1, 0.15) is 0 Å². The van der Waals surface area contributed by atoms with Gasteiger partial charge in [0.05, 0.1) is 5.92 Å². The largest absolute Gasteiger partial charge is 0.391 e. The maximum absolute atomic E-state index is 12.6. The van der Waals surface area contributed by atoms with E-state index in [-0.39, 0.29) is 24.7 Å². The molecule has 21 heavy (non-hydrogen) atoms. The molecule has 122 valence electrons. The zero-order chi connectivity index (χ0) is 15.3. The Kier molecular flexibility index (Phi) is 5.87. The Morgan fingerprint density at radius 2 is 1.76 bits per heavy atom. The predicted molar refractivity (Wildman–Crippen MR) is 73.8 cm³/mol. The van der Waals surface area contributed by atoms with Gasteiger partial charge in [-0.25, -0.2) is 0 Å². The fourth-order valence-corrected chi connectivity index (χ4v) is 3.10. The van der Waals surface area contributed by atoms with Crippen molar-refractivity contribution in [1.82, 2.24) is 15.5 Å². The fraction of sp³-hybridized carbons (Fsp3) is 0.929. The quantitative estimate of drug-likeness (QED) is 0.825. The third-order valence-corrected chi connectivity index (χ3v) is 4.50. The van der Waals surface area contributed by atoms with Crippen LogP contribution in [0.15, 0.2) is 0 Å². The monoisotopic (exact) mass is 307 g/mol. The lowest BCUT2D eigenvalue weighted by Gasteiger charge is -2.30. The Labute approximate surface area is 123 Å². The maximum atomic E-state index is 12.6. The summed E-state index contributed by atoms with van der Waals surface area (Å²) in [6.07, 6.45) is -3.24. The number of halogens is 3. The fourth-order valence-electron chi connectivity index (χ4n) is 3.10. The van der Waals surface area contributed by atoms with Crippen molar-refractivity contribution in [3.8, 4) is 0 Å². The second-order valence-electron chi connectivity index (χ2n) is 5.97. The minimum absolute atomic E-state index is 0.0780. The van der Waals surface area contributed by atoms with Crippen LogP contribution in [0.1, 0.15) is 25.7 Å². The highest BCUT2D eigenvalue weighted by Gasteiger charge is 2.42. The highest BCUT2D eigenvalue weighted by atomic mass is 19.4. The highest BCUT2D eigenvalue weighted by Crippen LogP contribution is 2.39. The number of alkyl halides is 3. The number of hydrogen-bond acceptors (Lipinski definition) is 3. The number of carbonyl (C=O) groups excluding carboxylic acids is 1. The molecule has 2 N–H and O–H groups in total. The number of nitrogens with one attached hydrogen (secondary N) is 2. The molecule has 0 bridgehead atoms. The lowest BCUT2D eigenvalue weighted by molar-refractivity contribution is -0.184. The van der Waals surface area contributed by atoms with E-state index in [9.17, 15) is 18.0 Å². The zero-order valence-corrected chi connectivity index (χ0v) is 12.2. The highest BCUT2D eigenvalue weighted by molar-refractivity contribution is 5.78. The van der Waals surface area contributed by atoms with Crippen molar-refractivity contribution < 1.29 is 18.0 Å². The van der Waals surface area contributed by atoms with E-state index in [1.807, 2.05) is 0 Å². The average Bonchev–Trinajstić information content (AvgIpc) is 2.47. The molecule has 0 aromatic carbocycles. The Morgan fingerprint density at radius 3 is 2.33 bits per heavy atom. The molecule has 1 amide bonds. The van der Waals surface area contributed by atoms with Crippen LogP contribution in [0.4, 0.5) is 13.2 Å². The summed E-state index contributed by atoms with van der Waals surface area (Å²) >= 11 is 0. The van der Waals surface area contributed by atoms with Crippen LogP contribution in [-0.4, -0.2) is 56.3 Å². The maximum Gasteiger partial charge on any atom is 0.391 e. The summed E-state index contributed by atoms with van der Waals surface area (Å²) in [5, 5.41) is 6.13. The summed E-state index contributed by atoms with van der Waals surface area (Å²) in [6.45, 7) is 5.28. The molecule has 2 aliphatic rings. The van der Waals surface area contributed by atoms with E-state index in [2.05, 4.69) is 15.5 Å². The van der Waals surface area contributed by atoms with Gasteiger partial charge in [-0.3, -0.25) is 9.69 Å². The normalized spacial score (nSPS) is 28.3. The summed E-state index contributed by atoms with van der Waals surface area (Å²) < 4.78 is 37.7. The molecular formula is C14H24F3N3O. The van der Waals surface area contributed by atoms with E-state index in [0.29, 0.717) is 19.4 Å². The molecule has 2 fully saturated rings. The molecule has 2 rings (SSSR count). The van der Waals surface area contributed by atoms with E-state index in [4.69, 9.17) is 0 Å². The van der Waals surface area contributed by atoms with Crippen LogP contribution in [0.25, 0.3) is 0 Å². The lowest BCUT2D eigenvalue weighted by Crippen LogP contribution is -2.47. The summed E-state index contributed by atoms with van der Waals surface area (Å²) in [4.78, 5) is 14.2.